The second-order valence-electron chi connectivity index (χ2n) is 6.04. The van der Waals surface area contributed by atoms with E-state index in [9.17, 15) is 5.11 Å². The van der Waals surface area contributed by atoms with Crippen LogP contribution in [-0.2, 0) is 6.42 Å². The normalized spacial score (nSPS) is 23.9. The van der Waals surface area contributed by atoms with Gasteiger partial charge in [0.2, 0.25) is 5.89 Å². The van der Waals surface area contributed by atoms with Gasteiger partial charge in [-0.25, -0.2) is 0 Å². The summed E-state index contributed by atoms with van der Waals surface area (Å²) < 4.78 is 5.15. The summed E-state index contributed by atoms with van der Waals surface area (Å²) in [6.07, 6.45) is 2.27. The molecule has 1 aromatic heterocycles. The number of nitrogens with zero attached hydrogens (tertiary/aromatic N) is 4. The van der Waals surface area contributed by atoms with Crippen LogP contribution in [-0.4, -0.2) is 69.9 Å². The number of aryl methyl sites for hydroxylation is 1. The number of hydrogen-bond donors (Lipinski definition) is 1. The zero-order chi connectivity index (χ0) is 15.3. The summed E-state index contributed by atoms with van der Waals surface area (Å²) in [6, 6.07) is 0. The minimum absolute atomic E-state index is 0.454. The molecule has 0 aromatic carbocycles. The third-order valence-corrected chi connectivity index (χ3v) is 4.31. The zero-order valence-electron chi connectivity index (χ0n) is 13.5. The fourth-order valence-corrected chi connectivity index (χ4v) is 3.06. The highest BCUT2D eigenvalue weighted by atomic mass is 16.5. The van der Waals surface area contributed by atoms with E-state index in [1.54, 1.807) is 6.92 Å². The van der Waals surface area contributed by atoms with E-state index in [0.29, 0.717) is 24.7 Å². The molecule has 1 aliphatic rings. The topological polar surface area (TPSA) is 65.6 Å². The molecule has 0 amide bonds. The predicted octanol–water partition coefficient (Wildman–Crippen LogP) is 1.09. The molecule has 2 heterocycles. The van der Waals surface area contributed by atoms with Crippen molar-refractivity contribution < 1.29 is 9.63 Å². The minimum Gasteiger partial charge on any atom is -0.388 e. The van der Waals surface area contributed by atoms with Crippen molar-refractivity contribution in [2.45, 2.75) is 45.6 Å². The van der Waals surface area contributed by atoms with E-state index in [1.165, 1.54) is 0 Å². The van der Waals surface area contributed by atoms with E-state index in [-0.39, 0.29) is 0 Å². The SMILES string of the molecule is CCN(CC)CCN1CCCC(O)(Cc2nc(C)no2)C1. The molecule has 2 rings (SSSR count). The van der Waals surface area contributed by atoms with Crippen LogP contribution in [0.3, 0.4) is 0 Å². The lowest BCUT2D eigenvalue weighted by atomic mass is 9.89. The number of likely N-dealkylation sites (N-methyl/N-ethyl adjacent to an activating group) is 1. The third kappa shape index (κ3) is 4.76. The van der Waals surface area contributed by atoms with Crippen LogP contribution in [0.25, 0.3) is 0 Å². The van der Waals surface area contributed by atoms with E-state index in [4.69, 9.17) is 4.52 Å². The first-order valence-corrected chi connectivity index (χ1v) is 8.01. The standard InChI is InChI=1S/C15H28N4O2/c1-4-18(5-2)9-10-19-8-6-7-15(20,12-19)11-14-16-13(3)17-21-14/h20H,4-12H2,1-3H3. The Morgan fingerprint density at radius 2 is 2.14 bits per heavy atom. The summed E-state index contributed by atoms with van der Waals surface area (Å²) in [7, 11) is 0. The molecule has 1 aliphatic heterocycles. The number of aromatic nitrogens is 2. The average molecular weight is 296 g/mol. The molecule has 1 aromatic rings. The van der Waals surface area contributed by atoms with E-state index in [1.807, 2.05) is 0 Å². The van der Waals surface area contributed by atoms with Gasteiger partial charge in [-0.05, 0) is 39.4 Å². The molecule has 1 N–H and O–H groups in total. The average Bonchev–Trinajstić information content (AvgIpc) is 2.84. The Kier molecular flexibility index (Phi) is 5.72. The third-order valence-electron chi connectivity index (χ3n) is 4.31. The molecule has 6 heteroatoms. The van der Waals surface area contributed by atoms with Gasteiger partial charge in [0, 0.05) is 19.6 Å². The fraction of sp³-hybridized carbons (Fsp3) is 0.867. The van der Waals surface area contributed by atoms with Crippen molar-refractivity contribution in [3.63, 3.8) is 0 Å². The van der Waals surface area contributed by atoms with Crippen molar-refractivity contribution in [2.24, 2.45) is 0 Å². The molecule has 120 valence electrons. The number of rotatable bonds is 7. The highest BCUT2D eigenvalue weighted by Gasteiger charge is 2.35. The molecule has 0 saturated carbocycles. The maximum atomic E-state index is 10.8. The Bertz CT molecular complexity index is 433. The first-order valence-electron chi connectivity index (χ1n) is 8.01. The van der Waals surface area contributed by atoms with Crippen LogP contribution in [0.4, 0.5) is 0 Å². The number of hydrogen-bond acceptors (Lipinski definition) is 6. The molecular formula is C15H28N4O2. The summed E-state index contributed by atoms with van der Waals surface area (Å²) in [6.45, 7) is 12.2. The van der Waals surface area contributed by atoms with E-state index >= 15 is 0 Å². The minimum atomic E-state index is -0.736. The second-order valence-corrected chi connectivity index (χ2v) is 6.04. The highest BCUT2D eigenvalue weighted by Crippen LogP contribution is 2.24. The lowest BCUT2D eigenvalue weighted by Crippen LogP contribution is -2.51. The summed E-state index contributed by atoms with van der Waals surface area (Å²) >= 11 is 0. The van der Waals surface area contributed by atoms with Gasteiger partial charge in [0.05, 0.1) is 12.0 Å². The van der Waals surface area contributed by atoms with Crippen LogP contribution < -0.4 is 0 Å². The van der Waals surface area contributed by atoms with E-state index in [0.717, 1.165) is 45.6 Å². The first kappa shape index (κ1) is 16.4. The Labute approximate surface area is 127 Å². The quantitative estimate of drug-likeness (QED) is 0.812. The summed E-state index contributed by atoms with van der Waals surface area (Å²) in [4.78, 5) is 8.98. The highest BCUT2D eigenvalue weighted by molar-refractivity contribution is 4.96. The van der Waals surface area contributed by atoms with Crippen LogP contribution in [0.5, 0.6) is 0 Å². The summed E-state index contributed by atoms with van der Waals surface area (Å²) in [5.41, 5.74) is -0.736. The van der Waals surface area contributed by atoms with Crippen LogP contribution in [0.1, 0.15) is 38.4 Å². The molecule has 0 spiro atoms. The maximum Gasteiger partial charge on any atom is 0.229 e. The van der Waals surface area contributed by atoms with Crippen LogP contribution in [0, 0.1) is 6.92 Å². The molecule has 1 unspecified atom stereocenters. The van der Waals surface area contributed by atoms with Gasteiger partial charge in [-0.2, -0.15) is 4.98 Å². The number of β-amino-alcohol motifs (C(OH)–C–C–N with tert-alkyl or cyclic N) is 1. The fourth-order valence-electron chi connectivity index (χ4n) is 3.06. The van der Waals surface area contributed by atoms with Gasteiger partial charge in [0.25, 0.3) is 0 Å². The number of aliphatic hydroxyl groups is 1. The molecule has 1 saturated heterocycles. The van der Waals surface area contributed by atoms with Crippen molar-refractivity contribution in [2.75, 3.05) is 39.3 Å². The maximum absolute atomic E-state index is 10.8. The largest absolute Gasteiger partial charge is 0.388 e. The van der Waals surface area contributed by atoms with Gasteiger partial charge < -0.3 is 14.5 Å². The van der Waals surface area contributed by atoms with Gasteiger partial charge in [-0.1, -0.05) is 19.0 Å². The van der Waals surface area contributed by atoms with Gasteiger partial charge in [0.15, 0.2) is 5.82 Å². The van der Waals surface area contributed by atoms with E-state index < -0.39 is 5.60 Å². The lowest BCUT2D eigenvalue weighted by Gasteiger charge is -2.39. The van der Waals surface area contributed by atoms with Crippen LogP contribution in [0.2, 0.25) is 0 Å². The lowest BCUT2D eigenvalue weighted by molar-refractivity contribution is -0.0364. The first-order chi connectivity index (χ1) is 10.0. The Morgan fingerprint density at radius 3 is 2.76 bits per heavy atom. The van der Waals surface area contributed by atoms with Gasteiger partial charge in [-0.15, -0.1) is 0 Å². The molecule has 1 fully saturated rings. The molecular weight excluding hydrogens is 268 g/mol. The van der Waals surface area contributed by atoms with Crippen LogP contribution in [0.15, 0.2) is 4.52 Å². The smallest absolute Gasteiger partial charge is 0.229 e. The molecule has 0 bridgehead atoms. The number of likely N-dealkylation sites (tertiary alicyclic amines) is 1. The Morgan fingerprint density at radius 1 is 1.38 bits per heavy atom. The van der Waals surface area contributed by atoms with Crippen LogP contribution >= 0.6 is 0 Å². The Hall–Kier alpha value is -0.980. The van der Waals surface area contributed by atoms with Crippen molar-refractivity contribution >= 4 is 0 Å². The molecule has 1 atom stereocenters. The van der Waals surface area contributed by atoms with Crippen molar-refractivity contribution in [1.82, 2.24) is 19.9 Å². The van der Waals surface area contributed by atoms with Crippen molar-refractivity contribution in [3.05, 3.63) is 11.7 Å². The molecule has 6 nitrogen and oxygen atoms in total. The molecule has 21 heavy (non-hydrogen) atoms. The summed E-state index contributed by atoms with van der Waals surface area (Å²) in [5, 5.41) is 14.6. The summed E-state index contributed by atoms with van der Waals surface area (Å²) in [5.74, 6) is 1.17. The number of piperidine rings is 1. The van der Waals surface area contributed by atoms with Crippen molar-refractivity contribution in [1.29, 1.82) is 0 Å². The van der Waals surface area contributed by atoms with Crippen molar-refractivity contribution in [3.8, 4) is 0 Å². The zero-order valence-corrected chi connectivity index (χ0v) is 13.5. The molecule has 0 aliphatic carbocycles. The molecule has 0 radical (unpaired) electrons. The van der Waals surface area contributed by atoms with Gasteiger partial charge >= 0.3 is 0 Å². The van der Waals surface area contributed by atoms with Gasteiger partial charge in [-0.3, -0.25) is 4.90 Å². The van der Waals surface area contributed by atoms with Gasteiger partial charge in [0.1, 0.15) is 0 Å². The Balaban J connectivity index is 1.87. The predicted molar refractivity (Wildman–Crippen MR) is 81.2 cm³/mol. The second kappa shape index (κ2) is 7.33. The monoisotopic (exact) mass is 296 g/mol. The van der Waals surface area contributed by atoms with E-state index in [2.05, 4.69) is 33.8 Å².